The highest BCUT2D eigenvalue weighted by atomic mass is 16.6. The molecule has 0 saturated carbocycles. The number of aliphatic carboxylic acids is 2. The first-order valence-electron chi connectivity index (χ1n) is 13.5. The number of carboxylic acid groups (broad SMARTS) is 2. The molecular formula is C25H46N2O14. The predicted molar refractivity (Wildman–Crippen MR) is 142 cm³/mol. The van der Waals surface area contributed by atoms with E-state index in [2.05, 4.69) is 15.4 Å². The number of carbonyl (C=O) groups is 4. The third-order valence-electron chi connectivity index (χ3n) is 4.61. The van der Waals surface area contributed by atoms with E-state index in [9.17, 15) is 19.2 Å². The summed E-state index contributed by atoms with van der Waals surface area (Å²) in [4.78, 5) is 43.3. The topological polar surface area (TPSA) is 207 Å². The Labute approximate surface area is 240 Å². The van der Waals surface area contributed by atoms with E-state index in [1.165, 1.54) is 0 Å². The fourth-order valence-corrected chi connectivity index (χ4v) is 2.68. The van der Waals surface area contributed by atoms with Crippen molar-refractivity contribution in [3.05, 3.63) is 0 Å². The van der Waals surface area contributed by atoms with E-state index in [4.69, 9.17) is 43.4 Å². The minimum atomic E-state index is -1.13. The monoisotopic (exact) mass is 598 g/mol. The van der Waals surface area contributed by atoms with Gasteiger partial charge in [-0.3, -0.25) is 14.4 Å². The van der Waals surface area contributed by atoms with Crippen LogP contribution in [-0.4, -0.2) is 153 Å². The maximum atomic E-state index is 11.3. The summed E-state index contributed by atoms with van der Waals surface area (Å²) in [6.45, 7) is 5.85. The number of hydrogen-bond donors (Lipinski definition) is 4. The van der Waals surface area contributed by atoms with Crippen LogP contribution in [0.1, 0.15) is 19.3 Å². The van der Waals surface area contributed by atoms with E-state index in [-0.39, 0.29) is 25.4 Å². The van der Waals surface area contributed by atoms with E-state index in [0.29, 0.717) is 112 Å². The molecule has 0 saturated heterocycles. The zero-order valence-corrected chi connectivity index (χ0v) is 23.6. The number of ether oxygens (including phenoxy) is 8. The van der Waals surface area contributed by atoms with Gasteiger partial charge in [-0.1, -0.05) is 0 Å². The summed E-state index contributed by atoms with van der Waals surface area (Å²) in [5.74, 6) is -2.80. The van der Waals surface area contributed by atoms with Crippen molar-refractivity contribution in [2.45, 2.75) is 19.3 Å². The number of amides is 2. The van der Waals surface area contributed by atoms with Crippen LogP contribution in [0.25, 0.3) is 0 Å². The van der Waals surface area contributed by atoms with E-state index >= 15 is 0 Å². The summed E-state index contributed by atoms with van der Waals surface area (Å²) in [7, 11) is 0. The van der Waals surface area contributed by atoms with Crippen molar-refractivity contribution in [3.8, 4) is 0 Å². The summed E-state index contributed by atoms with van der Waals surface area (Å²) in [5.41, 5.74) is 0. The SMILES string of the molecule is O=C(O)CCC(=O)NCCCOCCOCCOCCOCCOCCOCCOCCNC(=O)COCC(=O)O. The molecule has 0 rings (SSSR count). The average molecular weight is 599 g/mol. The highest BCUT2D eigenvalue weighted by molar-refractivity contribution is 5.80. The quantitative estimate of drug-likeness (QED) is 0.0664. The van der Waals surface area contributed by atoms with E-state index < -0.39 is 24.5 Å². The molecule has 0 aliphatic heterocycles. The van der Waals surface area contributed by atoms with Gasteiger partial charge in [0.15, 0.2) is 0 Å². The Morgan fingerprint density at radius 1 is 0.415 bits per heavy atom. The van der Waals surface area contributed by atoms with Crippen LogP contribution >= 0.6 is 0 Å². The lowest BCUT2D eigenvalue weighted by atomic mass is 10.3. The Kier molecular flexibility index (Phi) is 28.7. The van der Waals surface area contributed by atoms with Crippen LogP contribution in [0.2, 0.25) is 0 Å². The molecule has 16 heteroatoms. The zero-order valence-electron chi connectivity index (χ0n) is 23.6. The second-order valence-corrected chi connectivity index (χ2v) is 8.12. The Morgan fingerprint density at radius 2 is 0.829 bits per heavy atom. The molecule has 0 heterocycles. The number of carbonyl (C=O) groups excluding carboxylic acids is 2. The third kappa shape index (κ3) is 33.7. The molecule has 16 nitrogen and oxygen atoms in total. The minimum Gasteiger partial charge on any atom is -0.481 e. The van der Waals surface area contributed by atoms with Gasteiger partial charge >= 0.3 is 11.9 Å². The van der Waals surface area contributed by atoms with Gasteiger partial charge in [0, 0.05) is 26.1 Å². The van der Waals surface area contributed by atoms with Crippen LogP contribution in [0.4, 0.5) is 0 Å². The fourth-order valence-electron chi connectivity index (χ4n) is 2.68. The van der Waals surface area contributed by atoms with Gasteiger partial charge in [0.25, 0.3) is 0 Å². The molecule has 0 aromatic rings. The average Bonchev–Trinajstić information content (AvgIpc) is 2.93. The van der Waals surface area contributed by atoms with Crippen LogP contribution in [0.5, 0.6) is 0 Å². The van der Waals surface area contributed by atoms with Crippen molar-refractivity contribution < 1.29 is 67.3 Å². The van der Waals surface area contributed by atoms with Gasteiger partial charge < -0.3 is 58.7 Å². The highest BCUT2D eigenvalue weighted by Crippen LogP contribution is 1.90. The van der Waals surface area contributed by atoms with Gasteiger partial charge in [0.05, 0.1) is 92.3 Å². The molecule has 0 spiro atoms. The Balaban J connectivity index is 3.14. The van der Waals surface area contributed by atoms with Crippen molar-refractivity contribution in [3.63, 3.8) is 0 Å². The highest BCUT2D eigenvalue weighted by Gasteiger charge is 2.04. The first-order valence-corrected chi connectivity index (χ1v) is 13.5. The maximum Gasteiger partial charge on any atom is 0.329 e. The standard InChI is InChI=1S/C25H46N2O14/c28-22(2-3-24(30)31)26-4-1-6-34-8-10-36-12-14-38-16-18-40-19-17-39-15-13-37-11-9-35-7-5-27-23(29)20-41-21-25(32)33/h1-21H2,(H,26,28)(H,27,29)(H,30,31)(H,32,33). The third-order valence-corrected chi connectivity index (χ3v) is 4.61. The van der Waals surface area contributed by atoms with Crippen molar-refractivity contribution in [2.24, 2.45) is 0 Å². The summed E-state index contributed by atoms with van der Waals surface area (Å²) < 4.78 is 42.3. The van der Waals surface area contributed by atoms with Crippen LogP contribution < -0.4 is 10.6 Å². The number of carboxylic acids is 2. The number of nitrogens with one attached hydrogen (secondary N) is 2. The summed E-state index contributed by atoms with van der Waals surface area (Å²) in [5, 5.41) is 22.1. The van der Waals surface area contributed by atoms with E-state index in [1.807, 2.05) is 0 Å². The largest absolute Gasteiger partial charge is 0.481 e. The van der Waals surface area contributed by atoms with Crippen molar-refractivity contribution in [2.75, 3.05) is 119 Å². The first kappa shape index (κ1) is 38.6. The van der Waals surface area contributed by atoms with E-state index in [1.54, 1.807) is 0 Å². The lowest BCUT2D eigenvalue weighted by molar-refractivity contribution is -0.143. The minimum absolute atomic E-state index is 0.0192. The molecule has 0 atom stereocenters. The Morgan fingerprint density at radius 3 is 1.27 bits per heavy atom. The Hall–Kier alpha value is -2.44. The lowest BCUT2D eigenvalue weighted by Crippen LogP contribution is -2.31. The van der Waals surface area contributed by atoms with Gasteiger partial charge in [-0.25, -0.2) is 4.79 Å². The van der Waals surface area contributed by atoms with Gasteiger partial charge in [0.1, 0.15) is 13.2 Å². The van der Waals surface area contributed by atoms with Crippen LogP contribution in [-0.2, 0) is 57.1 Å². The molecule has 0 aliphatic carbocycles. The molecule has 0 fully saturated rings. The molecule has 0 aromatic heterocycles. The number of rotatable bonds is 32. The molecule has 0 bridgehead atoms. The molecule has 4 N–H and O–H groups in total. The molecule has 0 radical (unpaired) electrons. The van der Waals surface area contributed by atoms with Gasteiger partial charge in [-0.05, 0) is 6.42 Å². The predicted octanol–water partition coefficient (Wildman–Crippen LogP) is -1.31. The van der Waals surface area contributed by atoms with E-state index in [0.717, 1.165) is 0 Å². The van der Waals surface area contributed by atoms with Crippen LogP contribution in [0.3, 0.4) is 0 Å². The van der Waals surface area contributed by atoms with Crippen LogP contribution in [0.15, 0.2) is 0 Å². The first-order chi connectivity index (χ1) is 19.9. The smallest absolute Gasteiger partial charge is 0.329 e. The van der Waals surface area contributed by atoms with Crippen LogP contribution in [0, 0.1) is 0 Å². The molecule has 0 aliphatic rings. The lowest BCUT2D eigenvalue weighted by Gasteiger charge is -2.09. The molecule has 0 aromatic carbocycles. The summed E-state index contributed by atoms with van der Waals surface area (Å²) >= 11 is 0. The van der Waals surface area contributed by atoms with Crippen molar-refractivity contribution in [1.29, 1.82) is 0 Å². The van der Waals surface area contributed by atoms with Crippen molar-refractivity contribution in [1.82, 2.24) is 10.6 Å². The zero-order chi connectivity index (χ0) is 30.2. The van der Waals surface area contributed by atoms with Gasteiger partial charge in [-0.15, -0.1) is 0 Å². The summed E-state index contributed by atoms with van der Waals surface area (Å²) in [6.07, 6.45) is 0.448. The second-order valence-electron chi connectivity index (χ2n) is 8.12. The second kappa shape index (κ2) is 30.5. The normalized spacial score (nSPS) is 10.9. The van der Waals surface area contributed by atoms with Gasteiger partial charge in [0.2, 0.25) is 11.8 Å². The maximum absolute atomic E-state index is 11.3. The molecule has 2 amide bonds. The fraction of sp³-hybridized carbons (Fsp3) is 0.840. The Bertz CT molecular complexity index is 668. The molecular weight excluding hydrogens is 552 g/mol. The molecule has 41 heavy (non-hydrogen) atoms. The summed E-state index contributed by atoms with van der Waals surface area (Å²) in [6, 6.07) is 0. The van der Waals surface area contributed by atoms with Crippen molar-refractivity contribution >= 4 is 23.8 Å². The number of hydrogen-bond acceptors (Lipinski definition) is 12. The molecule has 0 unspecified atom stereocenters. The van der Waals surface area contributed by atoms with Gasteiger partial charge in [-0.2, -0.15) is 0 Å². The molecule has 240 valence electrons.